The van der Waals surface area contributed by atoms with Crippen molar-refractivity contribution in [1.82, 2.24) is 0 Å². The van der Waals surface area contributed by atoms with E-state index in [1.54, 1.807) is 32.0 Å². The summed E-state index contributed by atoms with van der Waals surface area (Å²) < 4.78 is 23.1. The van der Waals surface area contributed by atoms with Crippen LogP contribution in [-0.4, -0.2) is 14.3 Å². The number of carbonyl (C=O) groups excluding carboxylic acids is 1. The zero-order chi connectivity index (χ0) is 18.8. The molecule has 0 aliphatic rings. The van der Waals surface area contributed by atoms with Gasteiger partial charge < -0.3 is 5.32 Å². The molecule has 132 valence electrons. The van der Waals surface area contributed by atoms with Crippen molar-refractivity contribution in [2.75, 3.05) is 5.32 Å². The van der Waals surface area contributed by atoms with Crippen molar-refractivity contribution in [3.8, 4) is 0 Å². The Morgan fingerprint density at radius 3 is 2.32 bits per heavy atom. The molecule has 0 unspecified atom stereocenters. The number of nitrogens with one attached hydrogen (secondary N) is 1. The Kier molecular flexibility index (Phi) is 5.90. The summed E-state index contributed by atoms with van der Waals surface area (Å²) in [6.45, 7) is 3.51. The lowest BCUT2D eigenvalue weighted by atomic mass is 10.1. The van der Waals surface area contributed by atoms with E-state index < -0.39 is 15.9 Å². The first-order valence-corrected chi connectivity index (χ1v) is 9.47. The number of halogens is 2. The highest BCUT2D eigenvalue weighted by Crippen LogP contribution is 2.26. The number of aryl methyl sites for hydroxylation is 1. The molecule has 8 heteroatoms. The van der Waals surface area contributed by atoms with Crippen LogP contribution in [-0.2, 0) is 14.8 Å². The van der Waals surface area contributed by atoms with Crippen LogP contribution in [0.15, 0.2) is 41.3 Å². The largest absolute Gasteiger partial charge is 0.322 e. The molecule has 0 saturated heterocycles. The third kappa shape index (κ3) is 4.83. The molecule has 2 rings (SSSR count). The van der Waals surface area contributed by atoms with Crippen molar-refractivity contribution in [1.29, 1.82) is 0 Å². The van der Waals surface area contributed by atoms with Gasteiger partial charge in [0.25, 0.3) is 0 Å². The molecule has 0 bridgehead atoms. The molecule has 0 atom stereocenters. The monoisotopic (exact) mass is 398 g/mol. The van der Waals surface area contributed by atoms with Gasteiger partial charge in [0.15, 0.2) is 0 Å². The standard InChI is InChI=1S/C17H16Cl2N2O3S/c1-10-8-12(25(20,23)24)9-16(11(10)2)21-17(22)7-6-13-14(18)4-3-5-15(13)19/h3-9H,1-2H3,(H,21,22)(H2,20,23,24)/b7-6+. The molecule has 2 aromatic rings. The molecule has 0 fully saturated rings. The highest BCUT2D eigenvalue weighted by atomic mass is 35.5. The van der Waals surface area contributed by atoms with E-state index in [1.165, 1.54) is 24.3 Å². The van der Waals surface area contributed by atoms with E-state index >= 15 is 0 Å². The number of hydrogen-bond acceptors (Lipinski definition) is 3. The third-order valence-corrected chi connectivity index (χ3v) is 5.18. The van der Waals surface area contributed by atoms with Crippen molar-refractivity contribution in [2.24, 2.45) is 5.14 Å². The Bertz CT molecular complexity index is 950. The van der Waals surface area contributed by atoms with E-state index in [9.17, 15) is 13.2 Å². The molecule has 0 saturated carbocycles. The summed E-state index contributed by atoms with van der Waals surface area (Å²) in [5.74, 6) is -0.454. The van der Waals surface area contributed by atoms with Gasteiger partial charge in [0, 0.05) is 27.4 Å². The number of nitrogens with two attached hydrogens (primary N) is 1. The third-order valence-electron chi connectivity index (χ3n) is 3.63. The van der Waals surface area contributed by atoms with Gasteiger partial charge in [-0.05, 0) is 55.3 Å². The Morgan fingerprint density at radius 2 is 1.76 bits per heavy atom. The van der Waals surface area contributed by atoms with Gasteiger partial charge in [0.05, 0.1) is 4.90 Å². The molecule has 0 heterocycles. The fourth-order valence-corrected chi connectivity index (χ4v) is 3.27. The van der Waals surface area contributed by atoms with Crippen LogP contribution in [0.25, 0.3) is 6.08 Å². The average molecular weight is 399 g/mol. The highest BCUT2D eigenvalue weighted by molar-refractivity contribution is 7.89. The topological polar surface area (TPSA) is 89.3 Å². The second kappa shape index (κ2) is 7.58. The summed E-state index contributed by atoms with van der Waals surface area (Å²) >= 11 is 12.1. The number of primary sulfonamides is 1. The molecular weight excluding hydrogens is 383 g/mol. The molecule has 25 heavy (non-hydrogen) atoms. The Balaban J connectivity index is 2.29. The van der Waals surface area contributed by atoms with Gasteiger partial charge in [-0.1, -0.05) is 29.3 Å². The van der Waals surface area contributed by atoms with E-state index in [0.29, 0.717) is 26.9 Å². The fourth-order valence-electron chi connectivity index (χ4n) is 2.12. The predicted octanol–water partition coefficient (Wildman–Crippen LogP) is 3.91. The summed E-state index contributed by atoms with van der Waals surface area (Å²) in [5.41, 5.74) is 2.32. The van der Waals surface area contributed by atoms with Crippen molar-refractivity contribution >= 4 is 50.9 Å². The number of benzene rings is 2. The Hall–Kier alpha value is -1.86. The molecule has 0 spiro atoms. The first-order valence-electron chi connectivity index (χ1n) is 7.16. The van der Waals surface area contributed by atoms with Gasteiger partial charge in [0.2, 0.25) is 15.9 Å². The minimum Gasteiger partial charge on any atom is -0.322 e. The molecule has 5 nitrogen and oxygen atoms in total. The molecule has 1 amide bonds. The number of hydrogen-bond donors (Lipinski definition) is 2. The van der Waals surface area contributed by atoms with Gasteiger partial charge in [-0.25, -0.2) is 13.6 Å². The maximum absolute atomic E-state index is 12.2. The summed E-state index contributed by atoms with van der Waals surface area (Å²) in [6, 6.07) is 7.81. The first-order chi connectivity index (χ1) is 11.6. The normalized spacial score (nSPS) is 11.7. The van der Waals surface area contributed by atoms with Crippen LogP contribution in [0.1, 0.15) is 16.7 Å². The molecule has 0 radical (unpaired) electrons. The van der Waals surface area contributed by atoms with Crippen LogP contribution in [0, 0.1) is 13.8 Å². The van der Waals surface area contributed by atoms with Gasteiger partial charge in [-0.15, -0.1) is 0 Å². The predicted molar refractivity (Wildman–Crippen MR) is 101 cm³/mol. The van der Waals surface area contributed by atoms with Crippen LogP contribution in [0.2, 0.25) is 10.0 Å². The SMILES string of the molecule is Cc1cc(S(N)(=O)=O)cc(NC(=O)/C=C/c2c(Cl)cccc2Cl)c1C. The second-order valence-corrected chi connectivity index (χ2v) is 7.79. The molecule has 0 aromatic heterocycles. The van der Waals surface area contributed by atoms with Crippen molar-refractivity contribution in [3.63, 3.8) is 0 Å². The van der Waals surface area contributed by atoms with Gasteiger partial charge in [-0.2, -0.15) is 0 Å². The summed E-state index contributed by atoms with van der Waals surface area (Å²) in [4.78, 5) is 12.1. The van der Waals surface area contributed by atoms with E-state index in [-0.39, 0.29) is 4.90 Å². The lowest BCUT2D eigenvalue weighted by Crippen LogP contribution is -2.15. The zero-order valence-electron chi connectivity index (χ0n) is 13.5. The lowest BCUT2D eigenvalue weighted by Gasteiger charge is -2.11. The quantitative estimate of drug-likeness (QED) is 0.764. The smallest absolute Gasteiger partial charge is 0.248 e. The number of sulfonamides is 1. The number of rotatable bonds is 4. The van der Waals surface area contributed by atoms with Crippen LogP contribution < -0.4 is 10.5 Å². The average Bonchev–Trinajstić information content (AvgIpc) is 2.50. The van der Waals surface area contributed by atoms with Crippen LogP contribution in [0.4, 0.5) is 5.69 Å². The summed E-state index contributed by atoms with van der Waals surface area (Å²) in [5, 5.41) is 8.63. The molecular formula is C17H16Cl2N2O3S. The van der Waals surface area contributed by atoms with Crippen molar-refractivity contribution < 1.29 is 13.2 Å². The number of carbonyl (C=O) groups is 1. The van der Waals surface area contributed by atoms with Gasteiger partial charge >= 0.3 is 0 Å². The molecule has 0 aliphatic heterocycles. The van der Waals surface area contributed by atoms with E-state index in [2.05, 4.69) is 5.32 Å². The van der Waals surface area contributed by atoms with Gasteiger partial charge in [-0.3, -0.25) is 4.79 Å². The minimum absolute atomic E-state index is 0.0657. The van der Waals surface area contributed by atoms with Crippen molar-refractivity contribution in [3.05, 3.63) is 63.1 Å². The lowest BCUT2D eigenvalue weighted by molar-refractivity contribution is -0.111. The highest BCUT2D eigenvalue weighted by Gasteiger charge is 2.13. The Morgan fingerprint density at radius 1 is 1.16 bits per heavy atom. The minimum atomic E-state index is -3.87. The first kappa shape index (κ1) is 19.5. The zero-order valence-corrected chi connectivity index (χ0v) is 15.8. The number of amides is 1. The van der Waals surface area contributed by atoms with E-state index in [0.717, 1.165) is 5.56 Å². The Labute approximate surface area is 156 Å². The molecule has 2 aromatic carbocycles. The summed E-state index contributed by atoms with van der Waals surface area (Å²) in [6.07, 6.45) is 2.76. The molecule has 0 aliphatic carbocycles. The van der Waals surface area contributed by atoms with Gasteiger partial charge in [0.1, 0.15) is 0 Å². The number of anilines is 1. The van der Waals surface area contributed by atoms with Crippen molar-refractivity contribution in [2.45, 2.75) is 18.7 Å². The maximum atomic E-state index is 12.2. The fraction of sp³-hybridized carbons (Fsp3) is 0.118. The molecule has 3 N–H and O–H groups in total. The van der Waals surface area contributed by atoms with Crippen LogP contribution >= 0.6 is 23.2 Å². The van der Waals surface area contributed by atoms with Crippen LogP contribution in [0.3, 0.4) is 0 Å². The van der Waals surface area contributed by atoms with E-state index in [1.807, 2.05) is 0 Å². The second-order valence-electron chi connectivity index (χ2n) is 5.42. The maximum Gasteiger partial charge on any atom is 0.248 e. The summed E-state index contributed by atoms with van der Waals surface area (Å²) in [7, 11) is -3.87. The van der Waals surface area contributed by atoms with E-state index in [4.69, 9.17) is 28.3 Å². The van der Waals surface area contributed by atoms with Crippen LogP contribution in [0.5, 0.6) is 0 Å².